The van der Waals surface area contributed by atoms with Gasteiger partial charge in [-0.3, -0.25) is 4.98 Å². The van der Waals surface area contributed by atoms with Crippen molar-refractivity contribution in [2.75, 3.05) is 20.2 Å². The van der Waals surface area contributed by atoms with Crippen molar-refractivity contribution >= 4 is 0 Å². The van der Waals surface area contributed by atoms with Gasteiger partial charge in [0.25, 0.3) is 0 Å². The average Bonchev–Trinajstić information content (AvgIpc) is 2.30. The molecule has 0 amide bonds. The van der Waals surface area contributed by atoms with Crippen LogP contribution in [0.3, 0.4) is 0 Å². The number of piperidine rings is 1. The minimum Gasteiger partial charge on any atom is -0.496 e. The molecule has 88 valence electrons. The summed E-state index contributed by atoms with van der Waals surface area (Å²) in [7, 11) is 1.64. The Hall–Kier alpha value is -1.13. The quantitative estimate of drug-likeness (QED) is 0.792. The van der Waals surface area contributed by atoms with E-state index in [1.807, 2.05) is 6.07 Å². The van der Waals surface area contributed by atoms with Gasteiger partial charge in [0.2, 0.25) is 0 Å². The van der Waals surface area contributed by atoms with E-state index < -0.39 is 5.60 Å². The molecule has 0 aromatic carbocycles. The van der Waals surface area contributed by atoms with Gasteiger partial charge < -0.3 is 15.2 Å². The second kappa shape index (κ2) is 4.80. The number of nitrogens with zero attached hydrogens (tertiary/aromatic N) is 1. The zero-order valence-electron chi connectivity index (χ0n) is 9.57. The van der Waals surface area contributed by atoms with Crippen LogP contribution >= 0.6 is 0 Å². The predicted octanol–water partition coefficient (Wildman–Crippen LogP) is 0.747. The molecule has 0 radical (unpaired) electrons. The van der Waals surface area contributed by atoms with E-state index in [9.17, 15) is 5.11 Å². The summed E-state index contributed by atoms with van der Waals surface area (Å²) in [6, 6.07) is 1.83. The zero-order chi connectivity index (χ0) is 11.4. The van der Waals surface area contributed by atoms with Crippen molar-refractivity contribution in [3.63, 3.8) is 0 Å². The normalized spacial score (nSPS) is 19.4. The molecule has 0 aliphatic carbocycles. The van der Waals surface area contributed by atoms with Crippen LogP contribution in [0.25, 0.3) is 0 Å². The Morgan fingerprint density at radius 2 is 2.25 bits per heavy atom. The molecule has 2 heterocycles. The molecule has 1 aliphatic heterocycles. The van der Waals surface area contributed by atoms with E-state index >= 15 is 0 Å². The van der Waals surface area contributed by atoms with Crippen molar-refractivity contribution in [1.29, 1.82) is 0 Å². The van der Waals surface area contributed by atoms with E-state index in [0.29, 0.717) is 6.42 Å². The predicted molar refractivity (Wildman–Crippen MR) is 61.5 cm³/mol. The van der Waals surface area contributed by atoms with Crippen molar-refractivity contribution < 1.29 is 9.84 Å². The number of methoxy groups -OCH3 is 1. The van der Waals surface area contributed by atoms with Crippen LogP contribution in [0, 0.1) is 0 Å². The third kappa shape index (κ3) is 2.51. The third-order valence-corrected chi connectivity index (χ3v) is 3.13. The Labute approximate surface area is 95.7 Å². The Morgan fingerprint density at radius 3 is 2.94 bits per heavy atom. The number of rotatable bonds is 3. The summed E-state index contributed by atoms with van der Waals surface area (Å²) in [4.78, 5) is 4.08. The van der Waals surface area contributed by atoms with Gasteiger partial charge in [0.15, 0.2) is 0 Å². The molecule has 0 spiro atoms. The van der Waals surface area contributed by atoms with Gasteiger partial charge in [0.05, 0.1) is 12.7 Å². The molecule has 2 N–H and O–H groups in total. The fourth-order valence-electron chi connectivity index (χ4n) is 2.17. The summed E-state index contributed by atoms with van der Waals surface area (Å²) in [6.45, 7) is 1.75. The second-order valence-electron chi connectivity index (χ2n) is 4.34. The first-order valence-corrected chi connectivity index (χ1v) is 5.63. The number of aliphatic hydroxyl groups is 1. The van der Waals surface area contributed by atoms with Crippen molar-refractivity contribution in [2.24, 2.45) is 0 Å². The minimum atomic E-state index is -0.610. The smallest absolute Gasteiger partial charge is 0.125 e. The molecule has 1 aromatic heterocycles. The van der Waals surface area contributed by atoms with Gasteiger partial charge in [-0.1, -0.05) is 0 Å². The monoisotopic (exact) mass is 222 g/mol. The topological polar surface area (TPSA) is 54.4 Å². The highest BCUT2D eigenvalue weighted by Gasteiger charge is 2.30. The summed E-state index contributed by atoms with van der Waals surface area (Å²) in [5.74, 6) is 0.807. The first-order chi connectivity index (χ1) is 7.73. The number of nitrogens with one attached hydrogen (secondary N) is 1. The SMILES string of the molecule is COc1ccncc1CC1(O)CCNCC1. The highest BCUT2D eigenvalue weighted by molar-refractivity contribution is 5.31. The molecule has 1 saturated heterocycles. The van der Waals surface area contributed by atoms with Crippen LogP contribution in [0.1, 0.15) is 18.4 Å². The van der Waals surface area contributed by atoms with Crippen LogP contribution in [-0.4, -0.2) is 35.9 Å². The molecule has 1 aromatic rings. The van der Waals surface area contributed by atoms with E-state index in [-0.39, 0.29) is 0 Å². The largest absolute Gasteiger partial charge is 0.496 e. The van der Waals surface area contributed by atoms with Crippen molar-refractivity contribution in [3.05, 3.63) is 24.0 Å². The number of ether oxygens (including phenoxy) is 1. The van der Waals surface area contributed by atoms with E-state index in [0.717, 1.165) is 37.2 Å². The average molecular weight is 222 g/mol. The summed E-state index contributed by atoms with van der Waals surface area (Å²) in [5, 5.41) is 13.7. The van der Waals surface area contributed by atoms with Crippen LogP contribution in [0.4, 0.5) is 0 Å². The summed E-state index contributed by atoms with van der Waals surface area (Å²) in [5.41, 5.74) is 0.371. The van der Waals surface area contributed by atoms with Gasteiger partial charge >= 0.3 is 0 Å². The van der Waals surface area contributed by atoms with Crippen molar-refractivity contribution in [3.8, 4) is 5.75 Å². The van der Waals surface area contributed by atoms with Gasteiger partial charge in [-0.25, -0.2) is 0 Å². The molecule has 0 saturated carbocycles. The molecule has 16 heavy (non-hydrogen) atoms. The van der Waals surface area contributed by atoms with E-state index in [1.54, 1.807) is 19.5 Å². The third-order valence-electron chi connectivity index (χ3n) is 3.13. The van der Waals surface area contributed by atoms with Gasteiger partial charge in [0.1, 0.15) is 5.75 Å². The first kappa shape index (κ1) is 11.4. The van der Waals surface area contributed by atoms with E-state index in [4.69, 9.17) is 4.74 Å². The molecular weight excluding hydrogens is 204 g/mol. The molecule has 4 heteroatoms. The maximum Gasteiger partial charge on any atom is 0.125 e. The molecule has 0 unspecified atom stereocenters. The second-order valence-corrected chi connectivity index (χ2v) is 4.34. The fourth-order valence-corrected chi connectivity index (χ4v) is 2.17. The van der Waals surface area contributed by atoms with Gasteiger partial charge in [-0.15, -0.1) is 0 Å². The lowest BCUT2D eigenvalue weighted by molar-refractivity contribution is 0.0103. The molecule has 0 atom stereocenters. The molecule has 4 nitrogen and oxygen atoms in total. The Balaban J connectivity index is 2.12. The molecular formula is C12H18N2O2. The number of aromatic nitrogens is 1. The highest BCUT2D eigenvalue weighted by atomic mass is 16.5. The van der Waals surface area contributed by atoms with Crippen LogP contribution in [0.15, 0.2) is 18.5 Å². The van der Waals surface area contributed by atoms with Crippen molar-refractivity contribution in [1.82, 2.24) is 10.3 Å². The molecule has 1 aliphatic rings. The summed E-state index contributed by atoms with van der Waals surface area (Å²) < 4.78 is 5.27. The summed E-state index contributed by atoms with van der Waals surface area (Å²) in [6.07, 6.45) is 5.66. The van der Waals surface area contributed by atoms with Gasteiger partial charge in [-0.2, -0.15) is 0 Å². The lowest BCUT2D eigenvalue weighted by Gasteiger charge is -2.32. The maximum atomic E-state index is 10.4. The van der Waals surface area contributed by atoms with Crippen LogP contribution in [-0.2, 0) is 6.42 Å². The first-order valence-electron chi connectivity index (χ1n) is 5.63. The lowest BCUT2D eigenvalue weighted by atomic mass is 9.86. The minimum absolute atomic E-state index is 0.610. The maximum absolute atomic E-state index is 10.4. The molecule has 1 fully saturated rings. The highest BCUT2D eigenvalue weighted by Crippen LogP contribution is 2.27. The fraction of sp³-hybridized carbons (Fsp3) is 0.583. The van der Waals surface area contributed by atoms with E-state index in [1.165, 1.54) is 0 Å². The number of hydrogen-bond donors (Lipinski definition) is 2. The van der Waals surface area contributed by atoms with E-state index in [2.05, 4.69) is 10.3 Å². The number of pyridine rings is 1. The van der Waals surface area contributed by atoms with Gasteiger partial charge in [0, 0.05) is 24.4 Å². The van der Waals surface area contributed by atoms with Crippen LogP contribution in [0.5, 0.6) is 5.75 Å². The standard InChI is InChI=1S/C12H18N2O2/c1-16-11-2-5-14-9-10(11)8-12(15)3-6-13-7-4-12/h2,5,9,13,15H,3-4,6-8H2,1H3. The van der Waals surface area contributed by atoms with Crippen LogP contribution in [0.2, 0.25) is 0 Å². The lowest BCUT2D eigenvalue weighted by Crippen LogP contribution is -2.43. The van der Waals surface area contributed by atoms with Crippen LogP contribution < -0.4 is 10.1 Å². The van der Waals surface area contributed by atoms with Gasteiger partial charge in [-0.05, 0) is 32.0 Å². The Bertz CT molecular complexity index is 349. The van der Waals surface area contributed by atoms with Crippen molar-refractivity contribution in [2.45, 2.75) is 24.9 Å². The molecule has 0 bridgehead atoms. The Morgan fingerprint density at radius 1 is 1.50 bits per heavy atom. The Kier molecular flexibility index (Phi) is 3.41. The molecule has 2 rings (SSSR count). The summed E-state index contributed by atoms with van der Waals surface area (Å²) >= 11 is 0. The zero-order valence-corrected chi connectivity index (χ0v) is 9.57. The number of hydrogen-bond acceptors (Lipinski definition) is 4.